The third-order valence-electron chi connectivity index (χ3n) is 4.21. The predicted octanol–water partition coefficient (Wildman–Crippen LogP) is 3.99. The number of amides is 1. The van der Waals surface area contributed by atoms with E-state index in [4.69, 9.17) is 11.6 Å². The molecule has 1 N–H and O–H groups in total. The molecule has 0 saturated heterocycles. The molecule has 3 rings (SSSR count). The van der Waals surface area contributed by atoms with Crippen LogP contribution in [-0.2, 0) is 14.8 Å². The SMILES string of the molecule is Cc1ccc(N(CC(=O)N/N=C\c2ccccc2)S(=O)(=O)c2ccc(Cl)cc2)cc1. The van der Waals surface area contributed by atoms with Gasteiger partial charge in [0.15, 0.2) is 0 Å². The first-order chi connectivity index (χ1) is 14.4. The van der Waals surface area contributed by atoms with Crippen LogP contribution in [0.4, 0.5) is 5.69 Å². The Bertz CT molecular complexity index is 1130. The molecule has 1 amide bonds. The fourth-order valence-corrected chi connectivity index (χ4v) is 4.19. The van der Waals surface area contributed by atoms with Gasteiger partial charge in [0.1, 0.15) is 6.54 Å². The molecular weight excluding hydrogens is 422 g/mol. The summed E-state index contributed by atoms with van der Waals surface area (Å²) in [6.07, 6.45) is 1.49. The lowest BCUT2D eigenvalue weighted by molar-refractivity contribution is -0.119. The molecule has 0 bridgehead atoms. The first-order valence-corrected chi connectivity index (χ1v) is 10.9. The lowest BCUT2D eigenvalue weighted by Gasteiger charge is -2.23. The van der Waals surface area contributed by atoms with Gasteiger partial charge in [-0.15, -0.1) is 0 Å². The highest BCUT2D eigenvalue weighted by Gasteiger charge is 2.27. The Morgan fingerprint density at radius 3 is 2.27 bits per heavy atom. The first-order valence-electron chi connectivity index (χ1n) is 9.08. The zero-order chi connectivity index (χ0) is 21.6. The van der Waals surface area contributed by atoms with Crippen LogP contribution in [0.1, 0.15) is 11.1 Å². The molecule has 3 aromatic rings. The van der Waals surface area contributed by atoms with E-state index in [1.54, 1.807) is 24.3 Å². The van der Waals surface area contributed by atoms with E-state index >= 15 is 0 Å². The minimum atomic E-state index is -3.99. The Hall–Kier alpha value is -3.16. The van der Waals surface area contributed by atoms with Gasteiger partial charge < -0.3 is 0 Å². The summed E-state index contributed by atoms with van der Waals surface area (Å²) in [5, 5.41) is 4.33. The second-order valence-corrected chi connectivity index (χ2v) is 8.80. The van der Waals surface area contributed by atoms with Crippen molar-refractivity contribution in [3.05, 3.63) is 95.0 Å². The molecule has 6 nitrogen and oxygen atoms in total. The van der Waals surface area contributed by atoms with E-state index in [9.17, 15) is 13.2 Å². The number of carbonyl (C=O) groups is 1. The quantitative estimate of drug-likeness (QED) is 0.444. The summed E-state index contributed by atoms with van der Waals surface area (Å²) in [5.74, 6) is -0.569. The number of benzene rings is 3. The molecular formula is C22H20ClN3O3S. The lowest BCUT2D eigenvalue weighted by atomic mass is 10.2. The van der Waals surface area contributed by atoms with Crippen LogP contribution in [0.5, 0.6) is 0 Å². The van der Waals surface area contributed by atoms with E-state index in [0.29, 0.717) is 10.7 Å². The van der Waals surface area contributed by atoms with Gasteiger partial charge in [0.25, 0.3) is 15.9 Å². The molecule has 0 heterocycles. The monoisotopic (exact) mass is 441 g/mol. The number of aryl methyl sites for hydroxylation is 1. The van der Waals surface area contributed by atoms with Gasteiger partial charge in [-0.1, -0.05) is 59.6 Å². The molecule has 0 saturated carbocycles. The molecule has 3 aromatic carbocycles. The second-order valence-electron chi connectivity index (χ2n) is 6.51. The smallest absolute Gasteiger partial charge is 0.264 e. The molecule has 0 aliphatic heterocycles. The fraction of sp³-hybridized carbons (Fsp3) is 0.0909. The number of hydrogen-bond acceptors (Lipinski definition) is 4. The third kappa shape index (κ3) is 5.46. The minimum Gasteiger partial charge on any atom is -0.271 e. The van der Waals surface area contributed by atoms with Crippen molar-refractivity contribution in [1.29, 1.82) is 0 Å². The van der Waals surface area contributed by atoms with Crippen molar-refractivity contribution in [2.45, 2.75) is 11.8 Å². The number of rotatable bonds is 7. The first kappa shape index (κ1) is 21.5. The molecule has 0 aliphatic rings. The number of sulfonamides is 1. The van der Waals surface area contributed by atoms with Crippen LogP contribution in [0.2, 0.25) is 5.02 Å². The summed E-state index contributed by atoms with van der Waals surface area (Å²) < 4.78 is 27.5. The second kappa shape index (κ2) is 9.56. The summed E-state index contributed by atoms with van der Waals surface area (Å²) in [6, 6.07) is 21.9. The van der Waals surface area contributed by atoms with Crippen molar-refractivity contribution in [3.63, 3.8) is 0 Å². The fourth-order valence-electron chi connectivity index (χ4n) is 2.64. The highest BCUT2D eigenvalue weighted by molar-refractivity contribution is 7.92. The number of anilines is 1. The van der Waals surface area contributed by atoms with E-state index in [1.807, 2.05) is 37.3 Å². The largest absolute Gasteiger partial charge is 0.271 e. The van der Waals surface area contributed by atoms with Crippen LogP contribution < -0.4 is 9.73 Å². The molecule has 8 heteroatoms. The van der Waals surface area contributed by atoms with Crippen molar-refractivity contribution in [1.82, 2.24) is 5.43 Å². The maximum absolute atomic E-state index is 13.2. The van der Waals surface area contributed by atoms with Gasteiger partial charge in [0.05, 0.1) is 16.8 Å². The number of nitrogens with zero attached hydrogens (tertiary/aromatic N) is 2. The number of nitrogens with one attached hydrogen (secondary N) is 1. The molecule has 154 valence electrons. The Kier molecular flexibility index (Phi) is 6.87. The zero-order valence-electron chi connectivity index (χ0n) is 16.2. The van der Waals surface area contributed by atoms with E-state index in [0.717, 1.165) is 15.4 Å². The van der Waals surface area contributed by atoms with Gasteiger partial charge in [-0.3, -0.25) is 9.10 Å². The van der Waals surface area contributed by atoms with Crippen molar-refractivity contribution >= 4 is 39.4 Å². The van der Waals surface area contributed by atoms with E-state index in [1.165, 1.54) is 30.5 Å². The maximum atomic E-state index is 13.2. The summed E-state index contributed by atoms with van der Waals surface area (Å²) in [4.78, 5) is 12.5. The molecule has 0 aromatic heterocycles. The summed E-state index contributed by atoms with van der Waals surface area (Å²) in [7, 11) is -3.99. The van der Waals surface area contributed by atoms with Crippen molar-refractivity contribution < 1.29 is 13.2 Å². The van der Waals surface area contributed by atoms with Crippen molar-refractivity contribution in [2.75, 3.05) is 10.8 Å². The number of hydrazone groups is 1. The average molecular weight is 442 g/mol. The van der Waals surface area contributed by atoms with Crippen LogP contribution >= 0.6 is 11.6 Å². The van der Waals surface area contributed by atoms with E-state index in [-0.39, 0.29) is 4.90 Å². The minimum absolute atomic E-state index is 0.0352. The Balaban J connectivity index is 1.84. The van der Waals surface area contributed by atoms with Crippen LogP contribution in [-0.4, -0.2) is 27.1 Å². The predicted molar refractivity (Wildman–Crippen MR) is 119 cm³/mol. The van der Waals surface area contributed by atoms with Crippen molar-refractivity contribution in [3.8, 4) is 0 Å². The molecule has 0 spiro atoms. The Labute approximate surface area is 180 Å². The van der Waals surface area contributed by atoms with Gasteiger partial charge in [-0.05, 0) is 48.9 Å². The van der Waals surface area contributed by atoms with Crippen LogP contribution in [0.3, 0.4) is 0 Å². The van der Waals surface area contributed by atoms with E-state index in [2.05, 4.69) is 10.5 Å². The standard InChI is InChI=1S/C22H20ClN3O3S/c1-17-7-11-20(12-8-17)26(30(28,29)21-13-9-19(23)10-14-21)16-22(27)25-24-15-18-5-3-2-4-6-18/h2-15H,16H2,1H3,(H,25,27)/b24-15-. The highest BCUT2D eigenvalue weighted by atomic mass is 35.5. The van der Waals surface area contributed by atoms with Gasteiger partial charge in [-0.2, -0.15) is 5.10 Å². The lowest BCUT2D eigenvalue weighted by Crippen LogP contribution is -2.39. The molecule has 0 fully saturated rings. The number of hydrogen-bond donors (Lipinski definition) is 1. The average Bonchev–Trinajstić information content (AvgIpc) is 2.74. The zero-order valence-corrected chi connectivity index (χ0v) is 17.8. The maximum Gasteiger partial charge on any atom is 0.264 e. The molecule has 0 unspecified atom stereocenters. The molecule has 30 heavy (non-hydrogen) atoms. The van der Waals surface area contributed by atoms with Gasteiger partial charge in [-0.25, -0.2) is 13.8 Å². The van der Waals surface area contributed by atoms with Crippen molar-refractivity contribution in [2.24, 2.45) is 5.10 Å². The van der Waals surface area contributed by atoms with E-state index < -0.39 is 22.5 Å². The summed E-state index contributed by atoms with van der Waals surface area (Å²) in [6.45, 7) is 1.47. The normalized spacial score (nSPS) is 11.4. The summed E-state index contributed by atoms with van der Waals surface area (Å²) >= 11 is 5.88. The van der Waals surface area contributed by atoms with Gasteiger partial charge in [0.2, 0.25) is 0 Å². The van der Waals surface area contributed by atoms with Gasteiger partial charge >= 0.3 is 0 Å². The van der Waals surface area contributed by atoms with Crippen LogP contribution in [0.25, 0.3) is 0 Å². The molecule has 0 aliphatic carbocycles. The summed E-state index contributed by atoms with van der Waals surface area (Å²) in [5.41, 5.74) is 4.53. The molecule has 0 atom stereocenters. The Morgan fingerprint density at radius 2 is 1.63 bits per heavy atom. The van der Waals surface area contributed by atoms with Gasteiger partial charge in [0, 0.05) is 5.02 Å². The molecule has 0 radical (unpaired) electrons. The Morgan fingerprint density at radius 1 is 1.00 bits per heavy atom. The topological polar surface area (TPSA) is 78.8 Å². The van der Waals surface area contributed by atoms with Crippen LogP contribution in [0, 0.1) is 6.92 Å². The highest BCUT2D eigenvalue weighted by Crippen LogP contribution is 2.25. The third-order valence-corrected chi connectivity index (χ3v) is 6.25. The number of carbonyl (C=O) groups excluding carboxylic acids is 1. The van der Waals surface area contributed by atoms with Crippen LogP contribution in [0.15, 0.2) is 88.9 Å². The number of halogens is 1.